The average Bonchev–Trinajstić information content (AvgIpc) is 2.69. The summed E-state index contributed by atoms with van der Waals surface area (Å²) in [5.74, 6) is -0.0135. The molecular formula is C20H18ClN7O. The lowest BCUT2D eigenvalue weighted by atomic mass is 9.63. The Morgan fingerprint density at radius 1 is 1.00 bits per heavy atom. The summed E-state index contributed by atoms with van der Waals surface area (Å²) in [4.78, 5) is 24.6. The standard InChI is InChI=1S/C20H18ClN7O/c21-16-7-6-15(27-28-16)17(29)26-18(22)20(8-1-9-20)14-4-2-12(3-5-14)13-10-24-19(23)25-11-13/h2-7,10-11H,1,8-9H2,(H2,22,26,29)(H2,23,24,25). The second-order valence-electron chi connectivity index (χ2n) is 6.89. The summed E-state index contributed by atoms with van der Waals surface area (Å²) in [6.45, 7) is 0. The molecular weight excluding hydrogens is 390 g/mol. The molecule has 146 valence electrons. The highest BCUT2D eigenvalue weighted by atomic mass is 35.5. The predicted octanol–water partition coefficient (Wildman–Crippen LogP) is 2.79. The molecule has 0 bridgehead atoms. The smallest absolute Gasteiger partial charge is 0.299 e. The van der Waals surface area contributed by atoms with Crippen molar-refractivity contribution in [1.29, 1.82) is 0 Å². The normalized spacial score (nSPS) is 15.6. The van der Waals surface area contributed by atoms with Crippen molar-refractivity contribution in [3.8, 4) is 11.1 Å². The third kappa shape index (κ3) is 3.66. The largest absolute Gasteiger partial charge is 0.386 e. The van der Waals surface area contributed by atoms with E-state index in [1.807, 2.05) is 24.3 Å². The van der Waals surface area contributed by atoms with Crippen LogP contribution < -0.4 is 11.5 Å². The van der Waals surface area contributed by atoms with Crippen molar-refractivity contribution in [2.45, 2.75) is 24.7 Å². The summed E-state index contributed by atoms with van der Waals surface area (Å²) in [6.07, 6.45) is 6.02. The molecule has 8 nitrogen and oxygen atoms in total. The Labute approximate surface area is 172 Å². The molecule has 1 amide bonds. The quantitative estimate of drug-likeness (QED) is 0.501. The Balaban J connectivity index is 1.60. The first-order valence-corrected chi connectivity index (χ1v) is 9.42. The lowest BCUT2D eigenvalue weighted by molar-refractivity contribution is 0.0995. The average molecular weight is 408 g/mol. The van der Waals surface area contributed by atoms with Crippen molar-refractivity contribution in [1.82, 2.24) is 20.2 Å². The lowest BCUT2D eigenvalue weighted by Gasteiger charge is -2.41. The monoisotopic (exact) mass is 407 g/mol. The van der Waals surface area contributed by atoms with Gasteiger partial charge in [-0.05, 0) is 36.1 Å². The van der Waals surface area contributed by atoms with Crippen LogP contribution in [-0.2, 0) is 5.41 Å². The molecule has 0 unspecified atom stereocenters. The maximum absolute atomic E-state index is 12.4. The summed E-state index contributed by atoms with van der Waals surface area (Å²) in [6, 6.07) is 10.9. The molecule has 0 radical (unpaired) electrons. The van der Waals surface area contributed by atoms with Crippen molar-refractivity contribution in [3.63, 3.8) is 0 Å². The number of halogens is 1. The number of anilines is 1. The molecule has 2 heterocycles. The fourth-order valence-corrected chi connectivity index (χ4v) is 3.50. The minimum Gasteiger partial charge on any atom is -0.386 e. The van der Waals surface area contributed by atoms with E-state index in [-0.39, 0.29) is 22.6 Å². The number of aliphatic imine (C=N–C) groups is 1. The van der Waals surface area contributed by atoms with Crippen molar-refractivity contribution < 1.29 is 4.79 Å². The van der Waals surface area contributed by atoms with Crippen LogP contribution in [0.25, 0.3) is 11.1 Å². The van der Waals surface area contributed by atoms with Gasteiger partial charge in [0.25, 0.3) is 5.91 Å². The van der Waals surface area contributed by atoms with Crippen LogP contribution in [-0.4, -0.2) is 31.9 Å². The zero-order chi connectivity index (χ0) is 20.4. The number of amidine groups is 1. The van der Waals surface area contributed by atoms with E-state index in [4.69, 9.17) is 23.1 Å². The highest BCUT2D eigenvalue weighted by Gasteiger charge is 2.42. The molecule has 0 atom stereocenters. The van der Waals surface area contributed by atoms with E-state index in [9.17, 15) is 4.79 Å². The number of aromatic nitrogens is 4. The van der Waals surface area contributed by atoms with Crippen LogP contribution in [0.4, 0.5) is 5.95 Å². The van der Waals surface area contributed by atoms with Crippen molar-refractivity contribution >= 4 is 29.3 Å². The first-order chi connectivity index (χ1) is 14.0. The van der Waals surface area contributed by atoms with Gasteiger partial charge in [-0.1, -0.05) is 42.3 Å². The van der Waals surface area contributed by atoms with E-state index in [2.05, 4.69) is 25.2 Å². The van der Waals surface area contributed by atoms with E-state index < -0.39 is 11.3 Å². The molecule has 9 heteroatoms. The molecule has 4 rings (SSSR count). The third-order valence-corrected chi connectivity index (χ3v) is 5.41. The van der Waals surface area contributed by atoms with Crippen LogP contribution in [0.2, 0.25) is 5.15 Å². The van der Waals surface area contributed by atoms with Gasteiger partial charge in [0.05, 0.1) is 5.41 Å². The molecule has 1 saturated carbocycles. The summed E-state index contributed by atoms with van der Waals surface area (Å²) >= 11 is 5.71. The number of benzene rings is 1. The number of amides is 1. The van der Waals surface area contributed by atoms with Crippen LogP contribution in [0.1, 0.15) is 35.3 Å². The van der Waals surface area contributed by atoms with Crippen LogP contribution in [0.3, 0.4) is 0 Å². The number of nitrogens with zero attached hydrogens (tertiary/aromatic N) is 5. The second kappa shape index (κ2) is 7.56. The van der Waals surface area contributed by atoms with Crippen LogP contribution in [0.15, 0.2) is 53.8 Å². The maximum atomic E-state index is 12.4. The van der Waals surface area contributed by atoms with Gasteiger partial charge in [-0.2, -0.15) is 4.99 Å². The van der Waals surface area contributed by atoms with Crippen LogP contribution in [0.5, 0.6) is 0 Å². The zero-order valence-corrected chi connectivity index (χ0v) is 16.2. The van der Waals surface area contributed by atoms with Gasteiger partial charge in [-0.25, -0.2) is 9.97 Å². The van der Waals surface area contributed by atoms with Gasteiger partial charge in [-0.15, -0.1) is 10.2 Å². The minimum absolute atomic E-state index is 0.102. The van der Waals surface area contributed by atoms with Crippen LogP contribution in [0, 0.1) is 0 Å². The number of nitrogen functional groups attached to an aromatic ring is 1. The highest BCUT2D eigenvalue weighted by molar-refractivity contribution is 6.29. The summed E-state index contributed by atoms with van der Waals surface area (Å²) in [5, 5.41) is 7.65. The maximum Gasteiger partial charge on any atom is 0.299 e. The van der Waals surface area contributed by atoms with Gasteiger partial charge >= 0.3 is 0 Å². The van der Waals surface area contributed by atoms with Crippen LogP contribution >= 0.6 is 11.6 Å². The Morgan fingerprint density at radius 3 is 2.24 bits per heavy atom. The lowest BCUT2D eigenvalue weighted by Crippen LogP contribution is -2.47. The Hall–Kier alpha value is -3.39. The molecule has 1 aromatic carbocycles. The number of carbonyl (C=O) groups is 1. The van der Waals surface area contributed by atoms with Gasteiger partial charge in [0, 0.05) is 18.0 Å². The van der Waals surface area contributed by atoms with Crippen molar-refractivity contribution in [3.05, 3.63) is 65.2 Å². The third-order valence-electron chi connectivity index (χ3n) is 5.21. The summed E-state index contributed by atoms with van der Waals surface area (Å²) < 4.78 is 0. The van der Waals surface area contributed by atoms with Gasteiger partial charge in [0.15, 0.2) is 10.8 Å². The molecule has 1 aliphatic rings. The molecule has 0 saturated heterocycles. The predicted molar refractivity (Wildman–Crippen MR) is 110 cm³/mol. The molecule has 0 aliphatic heterocycles. The molecule has 4 N–H and O–H groups in total. The van der Waals surface area contributed by atoms with Crippen molar-refractivity contribution in [2.24, 2.45) is 10.7 Å². The van der Waals surface area contributed by atoms with Gasteiger partial charge < -0.3 is 11.5 Å². The zero-order valence-electron chi connectivity index (χ0n) is 15.4. The first kappa shape index (κ1) is 18.9. The van der Waals surface area contributed by atoms with Crippen molar-refractivity contribution in [2.75, 3.05) is 5.73 Å². The number of rotatable bonds is 4. The summed E-state index contributed by atoms with van der Waals surface area (Å²) in [7, 11) is 0. The van der Waals surface area contributed by atoms with Gasteiger partial charge in [0.2, 0.25) is 5.95 Å². The van der Waals surface area contributed by atoms with E-state index >= 15 is 0 Å². The second-order valence-corrected chi connectivity index (χ2v) is 7.27. The van der Waals surface area contributed by atoms with E-state index in [1.54, 1.807) is 12.4 Å². The number of carbonyl (C=O) groups excluding carboxylic acids is 1. The fourth-order valence-electron chi connectivity index (χ4n) is 3.40. The number of hydrogen-bond acceptors (Lipinski definition) is 6. The highest BCUT2D eigenvalue weighted by Crippen LogP contribution is 2.44. The van der Waals surface area contributed by atoms with E-state index in [1.165, 1.54) is 12.1 Å². The molecule has 29 heavy (non-hydrogen) atoms. The first-order valence-electron chi connectivity index (χ1n) is 9.05. The fraction of sp³-hybridized carbons (Fsp3) is 0.200. The summed E-state index contributed by atoms with van der Waals surface area (Å²) in [5.41, 5.74) is 14.3. The Morgan fingerprint density at radius 2 is 1.69 bits per heavy atom. The Kier molecular flexibility index (Phi) is 4.94. The minimum atomic E-state index is -0.534. The van der Waals surface area contributed by atoms with E-state index in [0.29, 0.717) is 0 Å². The molecule has 0 spiro atoms. The molecule has 2 aromatic heterocycles. The molecule has 1 fully saturated rings. The topological polar surface area (TPSA) is 133 Å². The SMILES string of the molecule is NC(=NC(=O)c1ccc(Cl)nn1)C1(c2ccc(-c3cnc(N)nc3)cc2)CCC1. The number of hydrogen-bond donors (Lipinski definition) is 2. The Bertz CT molecular complexity index is 1060. The number of nitrogens with two attached hydrogens (primary N) is 2. The van der Waals surface area contributed by atoms with E-state index in [0.717, 1.165) is 36.0 Å². The molecule has 3 aromatic rings. The van der Waals surface area contributed by atoms with Gasteiger partial charge in [-0.3, -0.25) is 4.79 Å². The van der Waals surface area contributed by atoms with Gasteiger partial charge in [0.1, 0.15) is 5.84 Å². The molecule has 1 aliphatic carbocycles.